The Balaban J connectivity index is 1.59. The van der Waals surface area contributed by atoms with Gasteiger partial charge in [-0.2, -0.15) is 0 Å². The highest BCUT2D eigenvalue weighted by atomic mass is 16.5. The minimum atomic E-state index is -0.487. The maximum absolute atomic E-state index is 12.7. The number of ether oxygens (including phenoxy) is 4. The average molecular weight is 438 g/mol. The molecule has 0 saturated carbocycles. The summed E-state index contributed by atoms with van der Waals surface area (Å²) in [5.41, 5.74) is 1.28. The summed E-state index contributed by atoms with van der Waals surface area (Å²) in [5.74, 6) is 1.60. The second kappa shape index (κ2) is 10.5. The molecule has 8 heteroatoms. The standard InChI is InChI=1S/C24H26N2O6/c1-16-25-19-9-6-5-8-18(19)24(28)26(16)12-7-13-32-22(27)11-10-17-14-20(29-2)23(31-4)21(15-17)30-3/h5-6,8-11,14-15H,7,12-13H2,1-4H3/b11-10+. The van der Waals surface area contributed by atoms with E-state index in [0.29, 0.717) is 52.5 Å². The van der Waals surface area contributed by atoms with Crippen molar-refractivity contribution in [3.8, 4) is 17.2 Å². The number of carbonyl (C=O) groups is 1. The smallest absolute Gasteiger partial charge is 0.330 e. The Morgan fingerprint density at radius 2 is 1.75 bits per heavy atom. The van der Waals surface area contributed by atoms with Gasteiger partial charge in [-0.3, -0.25) is 9.36 Å². The molecular formula is C24H26N2O6. The number of aromatic nitrogens is 2. The Morgan fingerprint density at radius 3 is 2.41 bits per heavy atom. The van der Waals surface area contributed by atoms with Gasteiger partial charge in [0.05, 0.1) is 38.8 Å². The zero-order valence-electron chi connectivity index (χ0n) is 18.6. The first-order valence-electron chi connectivity index (χ1n) is 10.1. The molecule has 0 atom stereocenters. The molecular weight excluding hydrogens is 412 g/mol. The number of aryl methyl sites for hydroxylation is 1. The predicted octanol–water partition coefficient (Wildman–Crippen LogP) is 3.38. The van der Waals surface area contributed by atoms with Crippen LogP contribution in [0.1, 0.15) is 17.8 Å². The van der Waals surface area contributed by atoms with Crippen molar-refractivity contribution in [2.75, 3.05) is 27.9 Å². The molecule has 32 heavy (non-hydrogen) atoms. The summed E-state index contributed by atoms with van der Waals surface area (Å²) in [7, 11) is 4.57. The molecule has 0 aliphatic heterocycles. The van der Waals surface area contributed by atoms with Crippen molar-refractivity contribution >= 4 is 22.9 Å². The van der Waals surface area contributed by atoms with Crippen LogP contribution in [0.2, 0.25) is 0 Å². The van der Waals surface area contributed by atoms with Gasteiger partial charge < -0.3 is 18.9 Å². The number of rotatable bonds is 9. The number of para-hydroxylation sites is 1. The Kier molecular flexibility index (Phi) is 7.49. The molecule has 0 radical (unpaired) electrons. The van der Waals surface area contributed by atoms with Gasteiger partial charge in [0.15, 0.2) is 11.5 Å². The molecule has 0 saturated heterocycles. The number of benzene rings is 2. The first kappa shape index (κ1) is 22.9. The molecule has 0 N–H and O–H groups in total. The summed E-state index contributed by atoms with van der Waals surface area (Å²) in [4.78, 5) is 29.2. The van der Waals surface area contributed by atoms with Crippen LogP contribution < -0.4 is 19.8 Å². The number of methoxy groups -OCH3 is 3. The third-order valence-corrected chi connectivity index (χ3v) is 4.92. The van der Waals surface area contributed by atoms with Crippen molar-refractivity contribution in [2.45, 2.75) is 19.9 Å². The lowest BCUT2D eigenvalue weighted by Crippen LogP contribution is -2.24. The molecule has 0 spiro atoms. The fourth-order valence-corrected chi connectivity index (χ4v) is 3.35. The van der Waals surface area contributed by atoms with Crippen molar-refractivity contribution in [3.05, 3.63) is 64.2 Å². The van der Waals surface area contributed by atoms with Crippen molar-refractivity contribution in [3.63, 3.8) is 0 Å². The predicted molar refractivity (Wildman–Crippen MR) is 121 cm³/mol. The summed E-state index contributed by atoms with van der Waals surface area (Å²) in [5, 5.41) is 0.573. The van der Waals surface area contributed by atoms with Crippen LogP contribution in [0.25, 0.3) is 17.0 Å². The third-order valence-electron chi connectivity index (χ3n) is 4.92. The van der Waals surface area contributed by atoms with Crippen molar-refractivity contribution in [2.24, 2.45) is 0 Å². The molecule has 0 amide bonds. The number of fused-ring (bicyclic) bond motifs is 1. The molecule has 1 aromatic heterocycles. The van der Waals surface area contributed by atoms with E-state index < -0.39 is 5.97 Å². The van der Waals surface area contributed by atoms with Crippen LogP contribution in [-0.4, -0.2) is 43.5 Å². The van der Waals surface area contributed by atoms with Crippen LogP contribution in [0.15, 0.2) is 47.3 Å². The lowest BCUT2D eigenvalue weighted by Gasteiger charge is -2.12. The summed E-state index contributed by atoms with van der Waals surface area (Å²) in [6.45, 7) is 2.38. The number of hydrogen-bond acceptors (Lipinski definition) is 7. The first-order chi connectivity index (χ1) is 15.5. The monoisotopic (exact) mass is 438 g/mol. The SMILES string of the molecule is COc1cc(/C=C/C(=O)OCCCn2c(C)nc3ccccc3c2=O)cc(OC)c1OC. The maximum atomic E-state index is 12.7. The summed E-state index contributed by atoms with van der Waals surface area (Å²) < 4.78 is 22.8. The van der Waals surface area contributed by atoms with Crippen molar-refractivity contribution in [1.82, 2.24) is 9.55 Å². The molecule has 8 nitrogen and oxygen atoms in total. The molecule has 0 aliphatic carbocycles. The van der Waals surface area contributed by atoms with Gasteiger partial charge in [0.1, 0.15) is 5.82 Å². The van der Waals surface area contributed by atoms with E-state index in [-0.39, 0.29) is 12.2 Å². The fraction of sp³-hybridized carbons (Fsp3) is 0.292. The average Bonchev–Trinajstić information content (AvgIpc) is 2.81. The molecule has 0 aliphatic rings. The lowest BCUT2D eigenvalue weighted by atomic mass is 10.1. The van der Waals surface area contributed by atoms with Gasteiger partial charge in [0, 0.05) is 12.6 Å². The van der Waals surface area contributed by atoms with Crippen LogP contribution >= 0.6 is 0 Å². The molecule has 0 unspecified atom stereocenters. The number of esters is 1. The highest BCUT2D eigenvalue weighted by Crippen LogP contribution is 2.38. The zero-order chi connectivity index (χ0) is 23.1. The van der Waals surface area contributed by atoms with Crippen molar-refractivity contribution in [1.29, 1.82) is 0 Å². The van der Waals surface area contributed by atoms with E-state index in [4.69, 9.17) is 18.9 Å². The van der Waals surface area contributed by atoms with Gasteiger partial charge in [0.2, 0.25) is 5.75 Å². The number of nitrogens with zero attached hydrogens (tertiary/aromatic N) is 2. The van der Waals surface area contributed by atoms with E-state index in [9.17, 15) is 9.59 Å². The zero-order valence-corrected chi connectivity index (χ0v) is 18.6. The molecule has 3 aromatic rings. The van der Waals surface area contributed by atoms with Crippen LogP contribution in [-0.2, 0) is 16.1 Å². The first-order valence-corrected chi connectivity index (χ1v) is 10.1. The summed E-state index contributed by atoms with van der Waals surface area (Å²) in [6, 6.07) is 10.7. The van der Waals surface area contributed by atoms with Gasteiger partial charge in [-0.1, -0.05) is 12.1 Å². The van der Waals surface area contributed by atoms with E-state index in [2.05, 4.69) is 4.98 Å². The van der Waals surface area contributed by atoms with Crippen LogP contribution in [0.4, 0.5) is 0 Å². The van der Waals surface area contributed by atoms with Crippen LogP contribution in [0.5, 0.6) is 17.2 Å². The van der Waals surface area contributed by atoms with Gasteiger partial charge in [-0.15, -0.1) is 0 Å². The Labute approximate surface area is 186 Å². The van der Waals surface area contributed by atoms with E-state index in [1.807, 2.05) is 18.2 Å². The van der Waals surface area contributed by atoms with E-state index in [1.54, 1.807) is 35.8 Å². The Bertz CT molecular complexity index is 1170. The third kappa shape index (κ3) is 5.08. The minimum absolute atomic E-state index is 0.0956. The molecule has 2 aromatic carbocycles. The highest BCUT2D eigenvalue weighted by Gasteiger charge is 2.12. The second-order valence-corrected chi connectivity index (χ2v) is 6.95. The molecule has 1 heterocycles. The lowest BCUT2D eigenvalue weighted by molar-refractivity contribution is -0.137. The Hall–Kier alpha value is -3.81. The van der Waals surface area contributed by atoms with E-state index in [0.717, 1.165) is 0 Å². The molecule has 0 fully saturated rings. The normalized spacial score (nSPS) is 11.0. The number of hydrogen-bond donors (Lipinski definition) is 0. The second-order valence-electron chi connectivity index (χ2n) is 6.95. The highest BCUT2D eigenvalue weighted by molar-refractivity contribution is 5.87. The van der Waals surface area contributed by atoms with Crippen molar-refractivity contribution < 1.29 is 23.7 Å². The topological polar surface area (TPSA) is 88.9 Å². The van der Waals surface area contributed by atoms with E-state index in [1.165, 1.54) is 27.4 Å². The van der Waals surface area contributed by atoms with E-state index >= 15 is 0 Å². The Morgan fingerprint density at radius 1 is 1.06 bits per heavy atom. The quantitative estimate of drug-likeness (QED) is 0.287. The van der Waals surface area contributed by atoms with Gasteiger partial charge in [-0.25, -0.2) is 9.78 Å². The summed E-state index contributed by atoms with van der Waals surface area (Å²) in [6.07, 6.45) is 3.43. The summed E-state index contributed by atoms with van der Waals surface area (Å²) >= 11 is 0. The van der Waals surface area contributed by atoms with Gasteiger partial charge >= 0.3 is 5.97 Å². The minimum Gasteiger partial charge on any atom is -0.493 e. The molecule has 168 valence electrons. The van der Waals surface area contributed by atoms with Crippen LogP contribution in [0.3, 0.4) is 0 Å². The fourth-order valence-electron chi connectivity index (χ4n) is 3.35. The molecule has 3 rings (SSSR count). The van der Waals surface area contributed by atoms with Crippen LogP contribution in [0, 0.1) is 6.92 Å². The maximum Gasteiger partial charge on any atom is 0.330 e. The number of carbonyl (C=O) groups excluding carboxylic acids is 1. The van der Waals surface area contributed by atoms with Gasteiger partial charge in [0.25, 0.3) is 5.56 Å². The largest absolute Gasteiger partial charge is 0.493 e. The van der Waals surface area contributed by atoms with Gasteiger partial charge in [-0.05, 0) is 49.2 Å². The molecule has 0 bridgehead atoms.